The molecule has 0 spiro atoms. The van der Waals surface area contributed by atoms with Gasteiger partial charge in [0.15, 0.2) is 0 Å². The van der Waals surface area contributed by atoms with Crippen LogP contribution in [-0.2, 0) is 17.8 Å². The van der Waals surface area contributed by atoms with Crippen LogP contribution in [0.4, 0.5) is 0 Å². The fourth-order valence-electron chi connectivity index (χ4n) is 2.74. The quantitative estimate of drug-likeness (QED) is 0.726. The number of rotatable bonds is 5. The molecule has 122 valence electrons. The Morgan fingerprint density at radius 3 is 2.87 bits per heavy atom. The molecule has 0 radical (unpaired) electrons. The maximum absolute atomic E-state index is 12.6. The number of nitrogens with two attached hydrogens (primary N) is 1. The van der Waals surface area contributed by atoms with Crippen LogP contribution in [-0.4, -0.2) is 21.8 Å². The third-order valence-corrected chi connectivity index (χ3v) is 4.89. The molecule has 3 rings (SSSR count). The summed E-state index contributed by atoms with van der Waals surface area (Å²) < 4.78 is 7.03. The van der Waals surface area contributed by atoms with Crippen LogP contribution in [0, 0.1) is 6.92 Å². The van der Waals surface area contributed by atoms with E-state index in [0.717, 1.165) is 34.3 Å². The summed E-state index contributed by atoms with van der Waals surface area (Å²) in [6.45, 7) is 4.49. The summed E-state index contributed by atoms with van der Waals surface area (Å²) in [5.74, 6) is 6.56. The maximum Gasteiger partial charge on any atom is 0.289 e. The van der Waals surface area contributed by atoms with Crippen LogP contribution in [0.2, 0.25) is 0 Å². The van der Waals surface area contributed by atoms with Gasteiger partial charge in [-0.3, -0.25) is 4.79 Å². The highest BCUT2D eigenvalue weighted by molar-refractivity contribution is 7.25. The van der Waals surface area contributed by atoms with Crippen LogP contribution in [0.1, 0.15) is 36.8 Å². The molecule has 0 amide bonds. The summed E-state index contributed by atoms with van der Waals surface area (Å²) in [5.41, 5.74) is 2.40. The summed E-state index contributed by atoms with van der Waals surface area (Å²) >= 11 is 1.35. The van der Waals surface area contributed by atoms with Gasteiger partial charge < -0.3 is 10.6 Å². The van der Waals surface area contributed by atoms with Crippen LogP contribution in [0.15, 0.2) is 10.9 Å². The van der Waals surface area contributed by atoms with Crippen LogP contribution < -0.4 is 11.4 Å². The topological polar surface area (TPSA) is 83.0 Å². The molecule has 0 aromatic carbocycles. The maximum atomic E-state index is 12.6. The van der Waals surface area contributed by atoms with Crippen molar-refractivity contribution in [2.24, 2.45) is 0 Å². The lowest BCUT2D eigenvalue weighted by Crippen LogP contribution is -2.31. The number of methoxy groups -OCH3 is 1. The third-order valence-electron chi connectivity index (χ3n) is 3.83. The normalized spacial score (nSPS) is 11.6. The van der Waals surface area contributed by atoms with E-state index >= 15 is 0 Å². The van der Waals surface area contributed by atoms with Gasteiger partial charge in [0, 0.05) is 24.6 Å². The van der Waals surface area contributed by atoms with Crippen molar-refractivity contribution in [1.82, 2.24) is 14.6 Å². The van der Waals surface area contributed by atoms with Crippen LogP contribution >= 0.6 is 11.3 Å². The average Bonchev–Trinajstić information content (AvgIpc) is 2.88. The number of unbranched alkanes of at least 4 members (excludes halogenated alkanes) is 1. The SMILES string of the molecule is CCCCc1nc2c(sc3nc(C)cc(COC)c32)c(=O)n1N. The van der Waals surface area contributed by atoms with Crippen LogP contribution in [0.5, 0.6) is 0 Å². The van der Waals surface area contributed by atoms with Gasteiger partial charge >= 0.3 is 0 Å². The molecule has 0 aliphatic rings. The van der Waals surface area contributed by atoms with Gasteiger partial charge in [0.25, 0.3) is 5.56 Å². The largest absolute Gasteiger partial charge is 0.380 e. The standard InChI is InChI=1S/C16H20N4O2S/c1-4-5-6-11-19-13-12-10(8-22-3)7-9(2)18-15(12)23-14(13)16(21)20(11)17/h7H,4-6,8,17H2,1-3H3. The molecule has 2 N–H and O–H groups in total. The average molecular weight is 332 g/mol. The van der Waals surface area contributed by atoms with Crippen molar-refractivity contribution >= 4 is 31.8 Å². The number of aryl methyl sites for hydroxylation is 2. The van der Waals surface area contributed by atoms with Gasteiger partial charge in [-0.2, -0.15) is 0 Å². The van der Waals surface area contributed by atoms with Crippen molar-refractivity contribution in [2.45, 2.75) is 39.7 Å². The Labute approximate surface area is 137 Å². The Bertz CT molecular complexity index is 929. The third kappa shape index (κ3) is 2.70. The summed E-state index contributed by atoms with van der Waals surface area (Å²) in [7, 11) is 1.66. The highest BCUT2D eigenvalue weighted by Crippen LogP contribution is 2.32. The fourth-order valence-corrected chi connectivity index (χ4v) is 3.88. The van der Waals surface area contributed by atoms with Gasteiger partial charge in [-0.05, 0) is 25.0 Å². The van der Waals surface area contributed by atoms with Crippen molar-refractivity contribution in [1.29, 1.82) is 0 Å². The second kappa shape index (κ2) is 6.25. The first-order valence-electron chi connectivity index (χ1n) is 7.65. The first-order chi connectivity index (χ1) is 11.1. The molecule has 7 heteroatoms. The first kappa shape index (κ1) is 15.9. The Balaban J connectivity index is 2.36. The van der Waals surface area contributed by atoms with Crippen molar-refractivity contribution in [2.75, 3.05) is 13.0 Å². The van der Waals surface area contributed by atoms with E-state index < -0.39 is 0 Å². The Hall–Kier alpha value is -1.99. The number of ether oxygens (including phenoxy) is 1. The van der Waals surface area contributed by atoms with E-state index in [-0.39, 0.29) is 5.56 Å². The fraction of sp³-hybridized carbons (Fsp3) is 0.438. The second-order valence-corrected chi connectivity index (χ2v) is 6.62. The summed E-state index contributed by atoms with van der Waals surface area (Å²) in [6.07, 6.45) is 2.65. The minimum Gasteiger partial charge on any atom is -0.380 e. The minimum atomic E-state index is -0.204. The van der Waals surface area contributed by atoms with Gasteiger partial charge in [0.1, 0.15) is 15.4 Å². The van der Waals surface area contributed by atoms with E-state index in [4.69, 9.17) is 10.6 Å². The van der Waals surface area contributed by atoms with E-state index in [2.05, 4.69) is 16.9 Å². The van der Waals surface area contributed by atoms with E-state index in [0.29, 0.717) is 29.1 Å². The Morgan fingerprint density at radius 1 is 1.39 bits per heavy atom. The second-order valence-electron chi connectivity index (χ2n) is 5.62. The van der Waals surface area contributed by atoms with Crippen molar-refractivity contribution in [3.8, 4) is 0 Å². The van der Waals surface area contributed by atoms with Crippen molar-refractivity contribution in [3.63, 3.8) is 0 Å². The molecule has 0 unspecified atom stereocenters. The van der Waals surface area contributed by atoms with E-state index in [1.165, 1.54) is 16.0 Å². The number of nitrogen functional groups attached to an aromatic ring is 1. The first-order valence-corrected chi connectivity index (χ1v) is 8.47. The monoisotopic (exact) mass is 332 g/mol. The molecule has 0 fully saturated rings. The zero-order chi connectivity index (χ0) is 16.6. The number of thiophene rings is 1. The lowest BCUT2D eigenvalue weighted by Gasteiger charge is -2.07. The lowest BCUT2D eigenvalue weighted by atomic mass is 10.1. The molecular weight excluding hydrogens is 312 g/mol. The number of fused-ring (bicyclic) bond motifs is 3. The lowest BCUT2D eigenvalue weighted by molar-refractivity contribution is 0.186. The highest BCUT2D eigenvalue weighted by Gasteiger charge is 2.18. The number of nitrogens with zero attached hydrogens (tertiary/aromatic N) is 3. The number of pyridine rings is 1. The predicted octanol–water partition coefficient (Wildman–Crippen LogP) is 2.52. The molecule has 3 aromatic rings. The summed E-state index contributed by atoms with van der Waals surface area (Å²) in [6, 6.07) is 1.99. The summed E-state index contributed by atoms with van der Waals surface area (Å²) in [4.78, 5) is 22.6. The van der Waals surface area contributed by atoms with E-state index in [1.807, 2.05) is 13.0 Å². The van der Waals surface area contributed by atoms with Crippen molar-refractivity contribution < 1.29 is 4.74 Å². The molecule has 0 bridgehead atoms. The molecule has 0 saturated carbocycles. The van der Waals surface area contributed by atoms with E-state index in [9.17, 15) is 4.79 Å². The summed E-state index contributed by atoms with van der Waals surface area (Å²) in [5, 5.41) is 0.910. The molecule has 3 aromatic heterocycles. The zero-order valence-electron chi connectivity index (χ0n) is 13.5. The molecular formula is C16H20N4O2S. The number of hydrogen-bond donors (Lipinski definition) is 1. The minimum absolute atomic E-state index is 0.204. The van der Waals surface area contributed by atoms with Gasteiger partial charge in [-0.1, -0.05) is 13.3 Å². The zero-order valence-corrected chi connectivity index (χ0v) is 14.4. The highest BCUT2D eigenvalue weighted by atomic mass is 32.1. The molecule has 0 aliphatic heterocycles. The van der Waals surface area contributed by atoms with Gasteiger partial charge in [-0.15, -0.1) is 11.3 Å². The smallest absolute Gasteiger partial charge is 0.289 e. The van der Waals surface area contributed by atoms with Gasteiger partial charge in [0.2, 0.25) is 0 Å². The van der Waals surface area contributed by atoms with Crippen LogP contribution in [0.25, 0.3) is 20.4 Å². The van der Waals surface area contributed by atoms with E-state index in [1.54, 1.807) is 7.11 Å². The molecule has 0 aliphatic carbocycles. The van der Waals surface area contributed by atoms with Crippen LogP contribution in [0.3, 0.4) is 0 Å². The molecule has 6 nitrogen and oxygen atoms in total. The molecule has 0 saturated heterocycles. The van der Waals surface area contributed by atoms with Crippen molar-refractivity contribution in [3.05, 3.63) is 33.5 Å². The molecule has 23 heavy (non-hydrogen) atoms. The van der Waals surface area contributed by atoms with Gasteiger partial charge in [-0.25, -0.2) is 14.6 Å². The Kier molecular flexibility index (Phi) is 4.32. The number of hydrogen-bond acceptors (Lipinski definition) is 6. The number of aromatic nitrogens is 3. The predicted molar refractivity (Wildman–Crippen MR) is 93.4 cm³/mol. The molecule has 3 heterocycles. The molecule has 0 atom stereocenters. The Morgan fingerprint density at radius 2 is 2.17 bits per heavy atom. The van der Waals surface area contributed by atoms with Gasteiger partial charge in [0.05, 0.1) is 12.1 Å².